The third-order valence-electron chi connectivity index (χ3n) is 4.62. The molecule has 0 aromatic heterocycles. The van der Waals surface area contributed by atoms with Gasteiger partial charge in [-0.25, -0.2) is 14.0 Å². The van der Waals surface area contributed by atoms with Crippen molar-refractivity contribution in [1.82, 2.24) is 0 Å². The largest absolute Gasteiger partial charge is 0.465 e. The minimum Gasteiger partial charge on any atom is -0.465 e. The van der Waals surface area contributed by atoms with Crippen LogP contribution in [0, 0.1) is 15.9 Å². The number of nitro benzene ring substituents is 1. The normalized spacial score (nSPS) is 10.3. The number of carbonyl (C=O) groups is 3. The molecule has 0 atom stereocenters. The van der Waals surface area contributed by atoms with E-state index in [1.54, 1.807) is 0 Å². The molecule has 0 saturated heterocycles. The van der Waals surface area contributed by atoms with Crippen molar-refractivity contribution in [3.63, 3.8) is 0 Å². The van der Waals surface area contributed by atoms with E-state index in [1.165, 1.54) is 42.5 Å². The van der Waals surface area contributed by atoms with Gasteiger partial charge in [-0.2, -0.15) is 0 Å². The number of benzene rings is 3. The Labute approximate surface area is 205 Å². The Bertz CT molecular complexity index is 1350. The highest BCUT2D eigenvalue weighted by Crippen LogP contribution is 2.35. The minimum atomic E-state index is -0.824. The second-order valence-corrected chi connectivity index (χ2v) is 7.67. The van der Waals surface area contributed by atoms with Crippen LogP contribution in [0.15, 0.2) is 59.1 Å². The van der Waals surface area contributed by atoms with Crippen molar-refractivity contribution in [3.8, 4) is 11.5 Å². The Morgan fingerprint density at radius 2 is 1.66 bits per heavy atom. The summed E-state index contributed by atoms with van der Waals surface area (Å²) in [6, 6.07) is 11.1. The van der Waals surface area contributed by atoms with Crippen LogP contribution in [0.25, 0.3) is 0 Å². The molecule has 3 rings (SSSR count). The molecule has 1 amide bonds. The molecule has 3 aromatic carbocycles. The lowest BCUT2D eigenvalue weighted by Gasteiger charge is -2.15. The highest BCUT2D eigenvalue weighted by molar-refractivity contribution is 9.10. The molecule has 12 heteroatoms. The van der Waals surface area contributed by atoms with Crippen LogP contribution in [0.5, 0.6) is 11.5 Å². The van der Waals surface area contributed by atoms with Gasteiger partial charge in [0.15, 0.2) is 5.75 Å². The number of hydrogen-bond acceptors (Lipinski definition) is 8. The first-order valence-corrected chi connectivity index (χ1v) is 10.5. The number of halogens is 2. The van der Waals surface area contributed by atoms with Crippen molar-refractivity contribution in [3.05, 3.63) is 91.7 Å². The number of non-ortho nitro benzene ring substituents is 1. The molecular formula is C23H16BrFN2O8. The van der Waals surface area contributed by atoms with Crippen LogP contribution >= 0.6 is 15.9 Å². The molecule has 0 bridgehead atoms. The van der Waals surface area contributed by atoms with Crippen LogP contribution in [0.3, 0.4) is 0 Å². The van der Waals surface area contributed by atoms with Gasteiger partial charge in [0.25, 0.3) is 11.6 Å². The van der Waals surface area contributed by atoms with Crippen LogP contribution in [0.4, 0.5) is 15.8 Å². The highest BCUT2D eigenvalue weighted by Gasteiger charge is 2.21. The summed E-state index contributed by atoms with van der Waals surface area (Å²) >= 11 is 3.04. The topological polar surface area (TPSA) is 134 Å². The number of nitrogens with one attached hydrogen (secondary N) is 1. The number of methoxy groups -OCH3 is 2. The number of hydrogen-bond donors (Lipinski definition) is 1. The van der Waals surface area contributed by atoms with Gasteiger partial charge in [0.05, 0.1) is 40.4 Å². The number of nitrogens with zero attached hydrogens (tertiary/aromatic N) is 1. The monoisotopic (exact) mass is 546 g/mol. The van der Waals surface area contributed by atoms with Crippen molar-refractivity contribution in [2.45, 2.75) is 0 Å². The van der Waals surface area contributed by atoms with E-state index < -0.39 is 28.6 Å². The Morgan fingerprint density at radius 1 is 0.971 bits per heavy atom. The molecule has 0 aliphatic carbocycles. The molecule has 0 radical (unpaired) electrons. The lowest BCUT2D eigenvalue weighted by atomic mass is 10.1. The van der Waals surface area contributed by atoms with Crippen LogP contribution in [-0.2, 0) is 9.47 Å². The molecule has 0 aliphatic rings. The molecule has 0 fully saturated rings. The fourth-order valence-electron chi connectivity index (χ4n) is 2.95. The van der Waals surface area contributed by atoms with Gasteiger partial charge >= 0.3 is 11.9 Å². The molecule has 1 N–H and O–H groups in total. The summed E-state index contributed by atoms with van der Waals surface area (Å²) < 4.78 is 29.4. The average Bonchev–Trinajstić information content (AvgIpc) is 2.85. The zero-order chi connectivity index (χ0) is 25.7. The second-order valence-electron chi connectivity index (χ2n) is 6.82. The van der Waals surface area contributed by atoms with E-state index >= 15 is 0 Å². The van der Waals surface area contributed by atoms with Gasteiger partial charge in [-0.1, -0.05) is 6.07 Å². The molecule has 0 aliphatic heterocycles. The van der Waals surface area contributed by atoms with Gasteiger partial charge in [0.2, 0.25) is 0 Å². The second kappa shape index (κ2) is 10.7. The maximum atomic E-state index is 14.3. The number of carbonyl (C=O) groups excluding carboxylic acids is 3. The number of amides is 1. The molecule has 3 aromatic rings. The van der Waals surface area contributed by atoms with E-state index in [9.17, 15) is 28.9 Å². The SMILES string of the molecule is COC(=O)c1ccc(Oc2cc(Br)c(F)cc2NC(=O)c2cccc([N+](=O)[O-])c2)cc1C(=O)OC. The lowest BCUT2D eigenvalue weighted by Crippen LogP contribution is -2.13. The third kappa shape index (κ3) is 5.79. The third-order valence-corrected chi connectivity index (χ3v) is 5.23. The van der Waals surface area contributed by atoms with Crippen molar-refractivity contribution in [1.29, 1.82) is 0 Å². The number of nitro groups is 1. The molecule has 10 nitrogen and oxygen atoms in total. The summed E-state index contributed by atoms with van der Waals surface area (Å²) in [5.41, 5.74) is -0.633. The van der Waals surface area contributed by atoms with Crippen molar-refractivity contribution in [2.75, 3.05) is 19.5 Å². The van der Waals surface area contributed by atoms with Crippen LogP contribution in [-0.4, -0.2) is 37.0 Å². The van der Waals surface area contributed by atoms with E-state index in [0.29, 0.717) is 0 Å². The van der Waals surface area contributed by atoms with Gasteiger partial charge in [0.1, 0.15) is 11.6 Å². The maximum Gasteiger partial charge on any atom is 0.338 e. The van der Waals surface area contributed by atoms with Gasteiger partial charge in [0, 0.05) is 29.8 Å². The molecular weight excluding hydrogens is 531 g/mol. The van der Waals surface area contributed by atoms with E-state index in [4.69, 9.17) is 9.47 Å². The van der Waals surface area contributed by atoms with Crippen LogP contribution in [0.1, 0.15) is 31.1 Å². The first-order chi connectivity index (χ1) is 16.6. The summed E-state index contributed by atoms with van der Waals surface area (Å²) in [4.78, 5) is 47.2. The highest BCUT2D eigenvalue weighted by atomic mass is 79.9. The number of esters is 2. The first kappa shape index (κ1) is 25.3. The van der Waals surface area contributed by atoms with Gasteiger partial charge in [-0.3, -0.25) is 14.9 Å². The maximum absolute atomic E-state index is 14.3. The van der Waals surface area contributed by atoms with Gasteiger partial charge in [-0.15, -0.1) is 0 Å². The van der Waals surface area contributed by atoms with Crippen molar-refractivity contribution < 1.29 is 37.9 Å². The summed E-state index contributed by atoms with van der Waals surface area (Å²) in [7, 11) is 2.29. The van der Waals surface area contributed by atoms with Gasteiger partial charge in [-0.05, 0) is 40.2 Å². The zero-order valence-corrected chi connectivity index (χ0v) is 19.8. The van der Waals surface area contributed by atoms with Crippen LogP contribution in [0.2, 0.25) is 0 Å². The van der Waals surface area contributed by atoms with Crippen LogP contribution < -0.4 is 10.1 Å². The quantitative estimate of drug-likeness (QED) is 0.245. The summed E-state index contributed by atoms with van der Waals surface area (Å²) in [6.07, 6.45) is 0. The predicted molar refractivity (Wildman–Crippen MR) is 124 cm³/mol. The lowest BCUT2D eigenvalue weighted by molar-refractivity contribution is -0.384. The number of anilines is 1. The summed E-state index contributed by atoms with van der Waals surface area (Å²) in [5.74, 6) is -3.04. The van der Waals surface area contributed by atoms with Gasteiger partial charge < -0.3 is 19.5 Å². The molecule has 0 saturated carbocycles. The van der Waals surface area contributed by atoms with E-state index in [0.717, 1.165) is 26.4 Å². The van der Waals surface area contributed by atoms with Crippen molar-refractivity contribution in [2.24, 2.45) is 0 Å². The molecule has 0 spiro atoms. The molecule has 180 valence electrons. The Kier molecular flexibility index (Phi) is 7.76. The average molecular weight is 547 g/mol. The standard InChI is InChI=1S/C23H16BrFN2O8/c1-33-22(29)15-7-6-14(9-16(15)23(30)34-2)35-20-10-17(24)18(25)11-19(20)26-21(28)12-4-3-5-13(8-12)27(31)32/h3-11H,1-2H3,(H,26,28). The molecule has 0 heterocycles. The van der Waals surface area contributed by atoms with Crippen molar-refractivity contribution >= 4 is 45.2 Å². The fourth-order valence-corrected chi connectivity index (χ4v) is 3.27. The number of rotatable bonds is 7. The van der Waals surface area contributed by atoms with E-state index in [1.807, 2.05) is 0 Å². The Hall–Kier alpha value is -4.32. The Morgan fingerprint density at radius 3 is 2.31 bits per heavy atom. The fraction of sp³-hybridized carbons (Fsp3) is 0.0870. The summed E-state index contributed by atoms with van der Waals surface area (Å²) in [6.45, 7) is 0. The Balaban J connectivity index is 1.98. The molecule has 35 heavy (non-hydrogen) atoms. The van der Waals surface area contributed by atoms with E-state index in [2.05, 4.69) is 26.0 Å². The molecule has 0 unspecified atom stereocenters. The van der Waals surface area contributed by atoms with E-state index in [-0.39, 0.29) is 44.0 Å². The first-order valence-electron chi connectivity index (χ1n) is 9.68. The number of ether oxygens (including phenoxy) is 3. The minimum absolute atomic E-state index is 0.0141. The predicted octanol–water partition coefficient (Wildman–Crippen LogP) is 5.11. The zero-order valence-electron chi connectivity index (χ0n) is 18.2. The summed E-state index contributed by atoms with van der Waals surface area (Å²) in [5, 5.41) is 13.4. The smallest absolute Gasteiger partial charge is 0.338 e.